The first-order valence-corrected chi connectivity index (χ1v) is 11.0. The number of rotatable bonds is 8. The van der Waals surface area contributed by atoms with Gasteiger partial charge in [-0.15, -0.1) is 0 Å². The first kappa shape index (κ1) is 26.9. The molecule has 0 aliphatic rings. The van der Waals surface area contributed by atoms with Crippen molar-refractivity contribution in [2.24, 2.45) is 0 Å². The third kappa shape index (κ3) is 6.91. The summed E-state index contributed by atoms with van der Waals surface area (Å²) in [6, 6.07) is 4.17. The average Bonchev–Trinajstić information content (AvgIpc) is 2.78. The van der Waals surface area contributed by atoms with Gasteiger partial charge in [0.25, 0.3) is 0 Å². The zero-order chi connectivity index (χ0) is 26.7. The van der Waals surface area contributed by atoms with Gasteiger partial charge in [0.15, 0.2) is 6.61 Å². The molecule has 36 heavy (non-hydrogen) atoms. The van der Waals surface area contributed by atoms with E-state index >= 15 is 0 Å². The summed E-state index contributed by atoms with van der Waals surface area (Å²) < 4.78 is 121. The predicted molar refractivity (Wildman–Crippen MR) is 112 cm³/mol. The average molecular weight is 540 g/mol. The van der Waals surface area contributed by atoms with Gasteiger partial charge < -0.3 is 15.4 Å². The van der Waals surface area contributed by atoms with Crippen molar-refractivity contribution in [2.45, 2.75) is 17.2 Å². The number of alkyl halides is 6. The molecule has 2 heterocycles. The molecule has 0 aliphatic carbocycles. The van der Waals surface area contributed by atoms with E-state index in [0.29, 0.717) is 18.3 Å². The summed E-state index contributed by atoms with van der Waals surface area (Å²) in [5.74, 6) is -2.17. The van der Waals surface area contributed by atoms with Crippen molar-refractivity contribution < 1.29 is 43.9 Å². The lowest BCUT2D eigenvalue weighted by Crippen LogP contribution is -2.21. The third-order valence-electron chi connectivity index (χ3n) is 4.26. The van der Waals surface area contributed by atoms with Crippen LogP contribution in [0, 0.1) is 5.82 Å². The van der Waals surface area contributed by atoms with Crippen molar-refractivity contribution in [3.05, 3.63) is 54.2 Å². The lowest BCUT2D eigenvalue weighted by molar-refractivity contribution is -0.153. The number of aromatic nitrogens is 3. The molecule has 194 valence electrons. The van der Waals surface area contributed by atoms with Crippen LogP contribution in [-0.4, -0.2) is 43.2 Å². The molecule has 0 saturated heterocycles. The molecule has 1 aromatic carbocycles. The maximum Gasteiger partial charge on any atom is 0.422 e. The minimum Gasteiger partial charge on any atom is -0.482 e. The van der Waals surface area contributed by atoms with Gasteiger partial charge in [0.1, 0.15) is 40.2 Å². The largest absolute Gasteiger partial charge is 0.482 e. The molecular formula is C19H15F7N6O3S. The predicted octanol–water partition coefficient (Wildman–Crippen LogP) is 4.37. The lowest BCUT2D eigenvalue weighted by atomic mass is 10.2. The van der Waals surface area contributed by atoms with E-state index in [1.807, 2.05) is 4.72 Å². The van der Waals surface area contributed by atoms with Crippen molar-refractivity contribution >= 4 is 33.2 Å². The summed E-state index contributed by atoms with van der Waals surface area (Å²) in [6.07, 6.45) is -7.78. The Labute approximate surface area is 198 Å². The van der Waals surface area contributed by atoms with Crippen LogP contribution in [0.25, 0.3) is 0 Å². The molecule has 0 amide bonds. The second-order valence-electron chi connectivity index (χ2n) is 6.86. The quantitative estimate of drug-likeness (QED) is 0.361. The molecule has 3 aromatic rings. The first-order chi connectivity index (χ1) is 16.7. The molecule has 0 radical (unpaired) electrons. The maximum atomic E-state index is 14.4. The summed E-state index contributed by atoms with van der Waals surface area (Å²) in [6.45, 7) is -1.80. The summed E-state index contributed by atoms with van der Waals surface area (Å²) in [5.41, 5.74) is -1.36. The van der Waals surface area contributed by atoms with Gasteiger partial charge >= 0.3 is 12.4 Å². The number of nitrogens with one attached hydrogen (secondary N) is 3. The monoisotopic (exact) mass is 540 g/mol. The van der Waals surface area contributed by atoms with E-state index in [2.05, 4.69) is 30.3 Å². The Hall–Kier alpha value is -3.73. The standard InChI is InChI=1S/C19H15F7N6O3S/c1-27-36(33,34)14-5-12(13(4-11(14)20)35-8-18(21,22)23)31-16-6-17(30-9-29-16)32-15-3-2-10(7-28-15)19(24,25)26/h2-7,9,27H,8H2,1H3,(H2,28,29,30,31,32). The number of hydrogen-bond acceptors (Lipinski definition) is 8. The number of benzene rings is 1. The Bertz CT molecular complexity index is 1330. The highest BCUT2D eigenvalue weighted by Crippen LogP contribution is 2.34. The van der Waals surface area contributed by atoms with Crippen LogP contribution in [0.5, 0.6) is 5.75 Å². The number of halogens is 7. The second kappa shape index (κ2) is 10.1. The van der Waals surface area contributed by atoms with Crippen LogP contribution in [-0.2, 0) is 16.2 Å². The lowest BCUT2D eigenvalue weighted by Gasteiger charge is -2.16. The minimum absolute atomic E-state index is 0.00250. The molecule has 0 spiro atoms. The number of sulfonamides is 1. The molecule has 17 heteroatoms. The van der Waals surface area contributed by atoms with Crippen molar-refractivity contribution in [2.75, 3.05) is 24.3 Å². The van der Waals surface area contributed by atoms with E-state index in [-0.39, 0.29) is 23.1 Å². The van der Waals surface area contributed by atoms with Gasteiger partial charge in [-0.05, 0) is 25.2 Å². The maximum absolute atomic E-state index is 14.4. The van der Waals surface area contributed by atoms with Crippen molar-refractivity contribution in [3.8, 4) is 5.75 Å². The van der Waals surface area contributed by atoms with Crippen molar-refractivity contribution in [1.29, 1.82) is 0 Å². The Balaban J connectivity index is 1.91. The van der Waals surface area contributed by atoms with E-state index in [1.165, 1.54) is 6.07 Å². The number of ether oxygens (including phenoxy) is 1. The summed E-state index contributed by atoms with van der Waals surface area (Å²) in [5, 5.41) is 5.12. The van der Waals surface area contributed by atoms with Crippen LogP contribution in [0.15, 0.2) is 47.8 Å². The SMILES string of the molecule is CNS(=O)(=O)c1cc(Nc2cc(Nc3ccc(C(F)(F)F)cn3)ncn2)c(OCC(F)(F)F)cc1F. The first-order valence-electron chi connectivity index (χ1n) is 9.54. The summed E-state index contributed by atoms with van der Waals surface area (Å²) >= 11 is 0. The Morgan fingerprint density at radius 3 is 2.14 bits per heavy atom. The van der Waals surface area contributed by atoms with E-state index in [0.717, 1.165) is 25.5 Å². The molecular weight excluding hydrogens is 525 g/mol. The third-order valence-corrected chi connectivity index (χ3v) is 5.69. The fraction of sp³-hybridized carbons (Fsp3) is 0.211. The molecule has 0 unspecified atom stereocenters. The van der Waals surface area contributed by atoms with Gasteiger partial charge in [-0.1, -0.05) is 0 Å². The minimum atomic E-state index is -4.77. The summed E-state index contributed by atoms with van der Waals surface area (Å²) in [7, 11) is -3.34. The highest BCUT2D eigenvalue weighted by atomic mass is 32.2. The molecule has 0 fully saturated rings. The smallest absolute Gasteiger partial charge is 0.422 e. The van der Waals surface area contributed by atoms with Crippen LogP contribution in [0.3, 0.4) is 0 Å². The molecule has 3 rings (SSSR count). The Kier molecular flexibility index (Phi) is 7.54. The van der Waals surface area contributed by atoms with Crippen LogP contribution in [0.2, 0.25) is 0 Å². The van der Waals surface area contributed by atoms with Crippen LogP contribution in [0.1, 0.15) is 5.56 Å². The molecule has 0 saturated carbocycles. The zero-order valence-corrected chi connectivity index (χ0v) is 18.7. The van der Waals surface area contributed by atoms with E-state index < -0.39 is 51.0 Å². The van der Waals surface area contributed by atoms with E-state index in [1.54, 1.807) is 0 Å². The number of anilines is 4. The van der Waals surface area contributed by atoms with Crippen molar-refractivity contribution in [3.63, 3.8) is 0 Å². The van der Waals surface area contributed by atoms with E-state index in [9.17, 15) is 39.2 Å². The highest BCUT2D eigenvalue weighted by molar-refractivity contribution is 7.89. The van der Waals surface area contributed by atoms with Gasteiger partial charge in [0, 0.05) is 18.3 Å². The van der Waals surface area contributed by atoms with Gasteiger partial charge in [-0.3, -0.25) is 0 Å². The van der Waals surface area contributed by atoms with Gasteiger partial charge in [-0.25, -0.2) is 32.5 Å². The fourth-order valence-electron chi connectivity index (χ4n) is 2.63. The highest BCUT2D eigenvalue weighted by Gasteiger charge is 2.31. The Morgan fingerprint density at radius 2 is 1.58 bits per heavy atom. The zero-order valence-electron chi connectivity index (χ0n) is 17.9. The number of pyridine rings is 1. The second-order valence-corrected chi connectivity index (χ2v) is 8.71. The number of hydrogen-bond donors (Lipinski definition) is 3. The molecule has 0 atom stereocenters. The topological polar surface area (TPSA) is 118 Å². The summed E-state index contributed by atoms with van der Waals surface area (Å²) in [4.78, 5) is 10.4. The fourth-order valence-corrected chi connectivity index (χ4v) is 3.43. The van der Waals surface area contributed by atoms with Crippen LogP contribution in [0.4, 0.5) is 53.9 Å². The molecule has 0 bridgehead atoms. The Morgan fingerprint density at radius 1 is 0.917 bits per heavy atom. The van der Waals surface area contributed by atoms with Crippen molar-refractivity contribution in [1.82, 2.24) is 19.7 Å². The van der Waals surface area contributed by atoms with Gasteiger partial charge in [0.2, 0.25) is 10.0 Å². The van der Waals surface area contributed by atoms with Gasteiger partial charge in [0.05, 0.1) is 11.3 Å². The van der Waals surface area contributed by atoms with E-state index in [4.69, 9.17) is 0 Å². The molecule has 3 N–H and O–H groups in total. The normalized spacial score (nSPS) is 12.3. The van der Waals surface area contributed by atoms with Gasteiger partial charge in [-0.2, -0.15) is 26.3 Å². The van der Waals surface area contributed by atoms with Crippen LogP contribution >= 0.6 is 0 Å². The molecule has 9 nitrogen and oxygen atoms in total. The molecule has 2 aromatic heterocycles. The van der Waals surface area contributed by atoms with Crippen LogP contribution < -0.4 is 20.1 Å². The molecule has 0 aliphatic heterocycles. The number of nitrogens with zero attached hydrogens (tertiary/aromatic N) is 3.